The van der Waals surface area contributed by atoms with Crippen molar-refractivity contribution in [1.29, 1.82) is 0 Å². The van der Waals surface area contributed by atoms with E-state index in [1.54, 1.807) is 0 Å². The zero-order valence-corrected chi connectivity index (χ0v) is 8.73. The SMILES string of the molecule is NC(N)=NC(CC(=O)O)c1ccc(F)c(F)c1. The third-order valence-corrected chi connectivity index (χ3v) is 2.00. The lowest BCUT2D eigenvalue weighted by molar-refractivity contribution is -0.137. The van der Waals surface area contributed by atoms with Crippen LogP contribution in [0.25, 0.3) is 0 Å². The van der Waals surface area contributed by atoms with Gasteiger partial charge in [-0.15, -0.1) is 0 Å². The molecule has 7 heteroatoms. The summed E-state index contributed by atoms with van der Waals surface area (Å²) in [6.45, 7) is 0. The van der Waals surface area contributed by atoms with Crippen molar-refractivity contribution in [2.24, 2.45) is 16.5 Å². The van der Waals surface area contributed by atoms with Gasteiger partial charge in [0.1, 0.15) is 0 Å². The lowest BCUT2D eigenvalue weighted by atomic mass is 10.0. The zero-order chi connectivity index (χ0) is 13.0. The van der Waals surface area contributed by atoms with Crippen LogP contribution in [0.3, 0.4) is 0 Å². The maximum atomic E-state index is 13.0. The Bertz CT molecular complexity index is 459. The molecule has 0 heterocycles. The maximum absolute atomic E-state index is 13.0. The molecule has 1 aromatic carbocycles. The summed E-state index contributed by atoms with van der Waals surface area (Å²) in [7, 11) is 0. The Morgan fingerprint density at radius 2 is 2.00 bits per heavy atom. The number of hydrogen-bond acceptors (Lipinski definition) is 2. The highest BCUT2D eigenvalue weighted by Gasteiger charge is 2.16. The summed E-state index contributed by atoms with van der Waals surface area (Å²) < 4.78 is 25.7. The van der Waals surface area contributed by atoms with E-state index in [1.807, 2.05) is 0 Å². The number of nitrogens with zero attached hydrogens (tertiary/aromatic N) is 1. The predicted octanol–water partition coefficient (Wildman–Crippen LogP) is 0.754. The van der Waals surface area contributed by atoms with Gasteiger partial charge >= 0.3 is 5.97 Å². The number of carboxylic acid groups (broad SMARTS) is 1. The number of rotatable bonds is 4. The second kappa shape index (κ2) is 5.24. The highest BCUT2D eigenvalue weighted by atomic mass is 19.2. The lowest BCUT2D eigenvalue weighted by Crippen LogP contribution is -2.24. The van der Waals surface area contributed by atoms with E-state index in [-0.39, 0.29) is 11.5 Å². The standard InChI is InChI=1S/C10H11F2N3O2/c11-6-2-1-5(3-7(6)12)8(4-9(16)17)15-10(13)14/h1-3,8H,4H2,(H,16,17)(H4,13,14,15). The molecule has 0 bridgehead atoms. The molecule has 0 saturated heterocycles. The Labute approximate surface area is 95.8 Å². The summed E-state index contributed by atoms with van der Waals surface area (Å²) in [4.78, 5) is 14.3. The van der Waals surface area contributed by atoms with E-state index in [1.165, 1.54) is 6.07 Å². The molecule has 5 nitrogen and oxygen atoms in total. The molecule has 0 saturated carbocycles. The number of hydrogen-bond donors (Lipinski definition) is 3. The summed E-state index contributed by atoms with van der Waals surface area (Å²) in [5.74, 6) is -3.57. The van der Waals surface area contributed by atoms with Crippen LogP contribution < -0.4 is 11.5 Å². The first-order chi connectivity index (χ1) is 7.90. The van der Waals surface area contributed by atoms with Crippen LogP contribution in [-0.2, 0) is 4.79 Å². The normalized spacial score (nSPS) is 11.9. The van der Waals surface area contributed by atoms with Crippen molar-refractivity contribution < 1.29 is 18.7 Å². The molecule has 0 aliphatic heterocycles. The third-order valence-electron chi connectivity index (χ3n) is 2.00. The first-order valence-electron chi connectivity index (χ1n) is 4.65. The number of benzene rings is 1. The van der Waals surface area contributed by atoms with E-state index in [0.29, 0.717) is 0 Å². The quantitative estimate of drug-likeness (QED) is 0.536. The molecule has 0 amide bonds. The molecule has 0 aromatic heterocycles. The van der Waals surface area contributed by atoms with Gasteiger partial charge < -0.3 is 16.6 Å². The van der Waals surface area contributed by atoms with E-state index in [2.05, 4.69) is 4.99 Å². The van der Waals surface area contributed by atoms with Gasteiger partial charge in [0.15, 0.2) is 17.6 Å². The molecule has 0 aliphatic rings. The molecule has 1 aromatic rings. The van der Waals surface area contributed by atoms with E-state index in [9.17, 15) is 13.6 Å². The van der Waals surface area contributed by atoms with Crippen molar-refractivity contribution in [2.75, 3.05) is 0 Å². The fourth-order valence-corrected chi connectivity index (χ4v) is 1.30. The molecule has 92 valence electrons. The van der Waals surface area contributed by atoms with Crippen molar-refractivity contribution in [3.05, 3.63) is 35.4 Å². The van der Waals surface area contributed by atoms with Gasteiger partial charge in [0, 0.05) is 0 Å². The highest BCUT2D eigenvalue weighted by Crippen LogP contribution is 2.22. The Morgan fingerprint density at radius 1 is 1.35 bits per heavy atom. The number of halogens is 2. The van der Waals surface area contributed by atoms with Gasteiger partial charge in [0.25, 0.3) is 0 Å². The molecule has 1 unspecified atom stereocenters. The van der Waals surface area contributed by atoms with Crippen molar-refractivity contribution in [3.8, 4) is 0 Å². The van der Waals surface area contributed by atoms with E-state index < -0.39 is 30.1 Å². The first kappa shape index (κ1) is 12.9. The van der Waals surface area contributed by atoms with Crippen molar-refractivity contribution in [2.45, 2.75) is 12.5 Å². The van der Waals surface area contributed by atoms with Gasteiger partial charge in [0.05, 0.1) is 12.5 Å². The fourth-order valence-electron chi connectivity index (χ4n) is 1.30. The van der Waals surface area contributed by atoms with Crippen molar-refractivity contribution >= 4 is 11.9 Å². The van der Waals surface area contributed by atoms with Gasteiger partial charge in [-0.1, -0.05) is 6.07 Å². The number of nitrogens with two attached hydrogens (primary N) is 2. The molecular weight excluding hydrogens is 232 g/mol. The molecule has 1 rings (SSSR count). The number of guanidine groups is 1. The number of aliphatic imine (C=N–C) groups is 1. The minimum atomic E-state index is -1.15. The fraction of sp³-hybridized carbons (Fsp3) is 0.200. The number of aliphatic carboxylic acids is 1. The summed E-state index contributed by atoms with van der Waals surface area (Å²) in [5.41, 5.74) is 10.5. The van der Waals surface area contributed by atoms with E-state index in [0.717, 1.165) is 12.1 Å². The maximum Gasteiger partial charge on any atom is 0.305 e. The van der Waals surface area contributed by atoms with Crippen LogP contribution in [0, 0.1) is 11.6 Å². The smallest absolute Gasteiger partial charge is 0.305 e. The molecule has 0 spiro atoms. The molecule has 5 N–H and O–H groups in total. The van der Waals surface area contributed by atoms with Gasteiger partial charge in [-0.3, -0.25) is 4.79 Å². The molecular formula is C10H11F2N3O2. The van der Waals surface area contributed by atoms with Crippen LogP contribution in [0.2, 0.25) is 0 Å². The molecule has 0 radical (unpaired) electrons. The molecule has 0 fully saturated rings. The van der Waals surface area contributed by atoms with Gasteiger partial charge in [-0.25, -0.2) is 13.8 Å². The summed E-state index contributed by atoms with van der Waals surface area (Å²) in [6.07, 6.45) is -0.414. The molecule has 17 heavy (non-hydrogen) atoms. The summed E-state index contributed by atoms with van der Waals surface area (Å²) in [6, 6.07) is 2.06. The van der Waals surface area contributed by atoms with Gasteiger partial charge in [-0.05, 0) is 17.7 Å². The minimum Gasteiger partial charge on any atom is -0.481 e. The van der Waals surface area contributed by atoms with Crippen LogP contribution in [0.1, 0.15) is 18.0 Å². The van der Waals surface area contributed by atoms with Crippen molar-refractivity contribution in [1.82, 2.24) is 0 Å². The van der Waals surface area contributed by atoms with E-state index in [4.69, 9.17) is 16.6 Å². The van der Waals surface area contributed by atoms with Gasteiger partial charge in [0.2, 0.25) is 0 Å². The van der Waals surface area contributed by atoms with Crippen molar-refractivity contribution in [3.63, 3.8) is 0 Å². The third kappa shape index (κ3) is 3.71. The highest BCUT2D eigenvalue weighted by molar-refractivity contribution is 5.76. The molecule has 1 atom stereocenters. The average molecular weight is 243 g/mol. The number of carbonyl (C=O) groups is 1. The average Bonchev–Trinajstić information content (AvgIpc) is 2.19. The Morgan fingerprint density at radius 3 is 2.47 bits per heavy atom. The zero-order valence-electron chi connectivity index (χ0n) is 8.73. The lowest BCUT2D eigenvalue weighted by Gasteiger charge is -2.11. The Kier molecular flexibility index (Phi) is 3.97. The van der Waals surface area contributed by atoms with Crippen LogP contribution in [0.15, 0.2) is 23.2 Å². The monoisotopic (exact) mass is 243 g/mol. The Balaban J connectivity index is 3.08. The van der Waals surface area contributed by atoms with Crippen LogP contribution in [-0.4, -0.2) is 17.0 Å². The topological polar surface area (TPSA) is 102 Å². The van der Waals surface area contributed by atoms with Gasteiger partial charge in [-0.2, -0.15) is 0 Å². The number of carboxylic acids is 1. The van der Waals surface area contributed by atoms with E-state index >= 15 is 0 Å². The van der Waals surface area contributed by atoms with Crippen LogP contribution in [0.4, 0.5) is 8.78 Å². The summed E-state index contributed by atoms with van der Waals surface area (Å²) in [5, 5.41) is 8.66. The second-order valence-corrected chi connectivity index (χ2v) is 3.34. The summed E-state index contributed by atoms with van der Waals surface area (Å²) >= 11 is 0. The second-order valence-electron chi connectivity index (χ2n) is 3.34. The van der Waals surface area contributed by atoms with Crippen LogP contribution >= 0.6 is 0 Å². The largest absolute Gasteiger partial charge is 0.481 e. The predicted molar refractivity (Wildman–Crippen MR) is 57.2 cm³/mol. The first-order valence-corrected chi connectivity index (χ1v) is 4.65. The van der Waals surface area contributed by atoms with Crippen LogP contribution in [0.5, 0.6) is 0 Å². The molecule has 0 aliphatic carbocycles. The Hall–Kier alpha value is -2.18. The minimum absolute atomic E-state index is 0.194.